The van der Waals surface area contributed by atoms with Crippen molar-refractivity contribution in [2.75, 3.05) is 6.54 Å². The Bertz CT molecular complexity index is 665. The van der Waals surface area contributed by atoms with E-state index in [0.717, 1.165) is 5.56 Å². The van der Waals surface area contributed by atoms with E-state index in [-0.39, 0.29) is 18.3 Å². The maximum Gasteiger partial charge on any atom is 0.220 e. The van der Waals surface area contributed by atoms with Gasteiger partial charge in [0.25, 0.3) is 0 Å². The predicted octanol–water partition coefficient (Wildman–Crippen LogP) is 3.09. The van der Waals surface area contributed by atoms with Gasteiger partial charge in [-0.2, -0.15) is 0 Å². The second-order valence-corrected chi connectivity index (χ2v) is 6.05. The van der Waals surface area contributed by atoms with Gasteiger partial charge in [-0.25, -0.2) is 4.39 Å². The SMILES string of the molecule is Cc1cccc(CCC(=O)NCC(C)(O)c2ccc(F)cc2)c1. The smallest absolute Gasteiger partial charge is 0.220 e. The molecule has 0 aromatic heterocycles. The molecule has 1 atom stereocenters. The monoisotopic (exact) mass is 315 g/mol. The van der Waals surface area contributed by atoms with E-state index in [2.05, 4.69) is 11.4 Å². The number of amides is 1. The predicted molar refractivity (Wildman–Crippen MR) is 88.5 cm³/mol. The third kappa shape index (κ3) is 5.18. The van der Waals surface area contributed by atoms with Gasteiger partial charge in [-0.1, -0.05) is 42.0 Å². The first-order valence-corrected chi connectivity index (χ1v) is 7.67. The van der Waals surface area contributed by atoms with Crippen molar-refractivity contribution in [3.63, 3.8) is 0 Å². The molecule has 0 fully saturated rings. The lowest BCUT2D eigenvalue weighted by atomic mass is 9.96. The molecule has 0 aliphatic heterocycles. The van der Waals surface area contributed by atoms with Crippen LogP contribution in [-0.4, -0.2) is 17.6 Å². The zero-order chi connectivity index (χ0) is 16.9. The zero-order valence-corrected chi connectivity index (χ0v) is 13.5. The van der Waals surface area contributed by atoms with Gasteiger partial charge in [-0.15, -0.1) is 0 Å². The van der Waals surface area contributed by atoms with Gasteiger partial charge in [-0.05, 0) is 43.5 Å². The van der Waals surface area contributed by atoms with Gasteiger partial charge in [-0.3, -0.25) is 4.79 Å². The fourth-order valence-electron chi connectivity index (χ4n) is 2.40. The molecular formula is C19H22FNO2. The molecule has 23 heavy (non-hydrogen) atoms. The van der Waals surface area contributed by atoms with E-state index < -0.39 is 5.60 Å². The molecule has 4 heteroatoms. The van der Waals surface area contributed by atoms with E-state index in [1.807, 2.05) is 25.1 Å². The molecule has 0 radical (unpaired) electrons. The number of aliphatic hydroxyl groups is 1. The Morgan fingerprint density at radius 1 is 1.22 bits per heavy atom. The first kappa shape index (κ1) is 17.2. The molecule has 1 unspecified atom stereocenters. The molecule has 1 amide bonds. The van der Waals surface area contributed by atoms with Crippen molar-refractivity contribution in [2.24, 2.45) is 0 Å². The van der Waals surface area contributed by atoms with Gasteiger partial charge in [0, 0.05) is 6.42 Å². The first-order chi connectivity index (χ1) is 10.9. The number of hydrogen-bond acceptors (Lipinski definition) is 2. The molecule has 2 N–H and O–H groups in total. The average molecular weight is 315 g/mol. The molecule has 0 saturated carbocycles. The van der Waals surface area contributed by atoms with Crippen molar-refractivity contribution in [2.45, 2.75) is 32.3 Å². The number of benzene rings is 2. The molecule has 2 aromatic carbocycles. The van der Waals surface area contributed by atoms with Gasteiger partial charge in [0.1, 0.15) is 11.4 Å². The van der Waals surface area contributed by atoms with Crippen LogP contribution >= 0.6 is 0 Å². The summed E-state index contributed by atoms with van der Waals surface area (Å²) in [5.74, 6) is -0.472. The highest BCUT2D eigenvalue weighted by Gasteiger charge is 2.23. The number of aryl methyl sites for hydroxylation is 2. The number of halogens is 1. The quantitative estimate of drug-likeness (QED) is 0.860. The van der Waals surface area contributed by atoms with Crippen LogP contribution in [0.3, 0.4) is 0 Å². The van der Waals surface area contributed by atoms with E-state index in [1.165, 1.54) is 29.8 Å². The molecule has 0 spiro atoms. The molecule has 0 aliphatic carbocycles. The summed E-state index contributed by atoms with van der Waals surface area (Å²) < 4.78 is 12.9. The molecule has 0 heterocycles. The normalized spacial score (nSPS) is 13.4. The summed E-state index contributed by atoms with van der Waals surface area (Å²) in [4.78, 5) is 12.0. The average Bonchev–Trinajstić information content (AvgIpc) is 2.51. The summed E-state index contributed by atoms with van der Waals surface area (Å²) in [5, 5.41) is 13.1. The highest BCUT2D eigenvalue weighted by atomic mass is 19.1. The minimum Gasteiger partial charge on any atom is -0.384 e. The van der Waals surface area contributed by atoms with Crippen LogP contribution in [0.4, 0.5) is 4.39 Å². The van der Waals surface area contributed by atoms with Gasteiger partial charge in [0.15, 0.2) is 0 Å². The lowest BCUT2D eigenvalue weighted by Gasteiger charge is -2.24. The second kappa shape index (κ2) is 7.38. The van der Waals surface area contributed by atoms with E-state index in [4.69, 9.17) is 0 Å². The van der Waals surface area contributed by atoms with E-state index in [0.29, 0.717) is 18.4 Å². The maximum absolute atomic E-state index is 12.9. The molecular weight excluding hydrogens is 293 g/mol. The van der Waals surface area contributed by atoms with Crippen LogP contribution in [0.15, 0.2) is 48.5 Å². The van der Waals surface area contributed by atoms with Crippen LogP contribution in [0, 0.1) is 12.7 Å². The molecule has 3 nitrogen and oxygen atoms in total. The van der Waals surface area contributed by atoms with E-state index in [9.17, 15) is 14.3 Å². The largest absolute Gasteiger partial charge is 0.384 e. The highest BCUT2D eigenvalue weighted by molar-refractivity contribution is 5.76. The van der Waals surface area contributed by atoms with Gasteiger partial charge in [0.05, 0.1) is 6.54 Å². The maximum atomic E-state index is 12.9. The fraction of sp³-hybridized carbons (Fsp3) is 0.316. The third-order valence-electron chi connectivity index (χ3n) is 3.82. The number of rotatable bonds is 6. The van der Waals surface area contributed by atoms with Crippen molar-refractivity contribution in [1.82, 2.24) is 5.32 Å². The van der Waals surface area contributed by atoms with Crippen molar-refractivity contribution in [3.05, 3.63) is 71.0 Å². The molecule has 0 saturated heterocycles. The molecule has 0 aliphatic rings. The van der Waals surface area contributed by atoms with Crippen LogP contribution in [0.1, 0.15) is 30.0 Å². The van der Waals surface area contributed by atoms with E-state index >= 15 is 0 Å². The summed E-state index contributed by atoms with van der Waals surface area (Å²) in [7, 11) is 0. The Morgan fingerprint density at radius 2 is 1.91 bits per heavy atom. The Morgan fingerprint density at radius 3 is 2.57 bits per heavy atom. The van der Waals surface area contributed by atoms with Gasteiger partial charge >= 0.3 is 0 Å². The van der Waals surface area contributed by atoms with E-state index in [1.54, 1.807) is 6.92 Å². The van der Waals surface area contributed by atoms with Crippen LogP contribution in [0.2, 0.25) is 0 Å². The minimum absolute atomic E-state index is 0.0886. The van der Waals surface area contributed by atoms with Crippen molar-refractivity contribution in [3.8, 4) is 0 Å². The number of hydrogen-bond donors (Lipinski definition) is 2. The topological polar surface area (TPSA) is 49.3 Å². The van der Waals surface area contributed by atoms with Crippen molar-refractivity contribution >= 4 is 5.91 Å². The highest BCUT2D eigenvalue weighted by Crippen LogP contribution is 2.20. The van der Waals surface area contributed by atoms with Gasteiger partial charge in [0.2, 0.25) is 5.91 Å². The zero-order valence-electron chi connectivity index (χ0n) is 13.5. The summed E-state index contributed by atoms with van der Waals surface area (Å²) >= 11 is 0. The lowest BCUT2D eigenvalue weighted by molar-refractivity contribution is -0.122. The molecule has 122 valence electrons. The summed E-state index contributed by atoms with van der Waals surface area (Å²) in [6, 6.07) is 13.7. The summed E-state index contributed by atoms with van der Waals surface area (Å²) in [5.41, 5.74) is 1.62. The van der Waals surface area contributed by atoms with Crippen LogP contribution in [-0.2, 0) is 16.8 Å². The number of carbonyl (C=O) groups is 1. The summed E-state index contributed by atoms with van der Waals surface area (Å²) in [6.07, 6.45) is 1.02. The second-order valence-electron chi connectivity index (χ2n) is 6.05. The Kier molecular flexibility index (Phi) is 5.50. The Balaban J connectivity index is 1.84. The Labute approximate surface area is 136 Å². The van der Waals surface area contributed by atoms with Crippen molar-refractivity contribution in [1.29, 1.82) is 0 Å². The molecule has 2 aromatic rings. The lowest BCUT2D eigenvalue weighted by Crippen LogP contribution is -2.38. The third-order valence-corrected chi connectivity index (χ3v) is 3.82. The molecule has 2 rings (SSSR count). The summed E-state index contributed by atoms with van der Waals surface area (Å²) in [6.45, 7) is 3.70. The Hall–Kier alpha value is -2.20. The standard InChI is InChI=1S/C19H22FNO2/c1-14-4-3-5-15(12-14)6-11-18(22)21-13-19(2,23)16-7-9-17(20)10-8-16/h3-5,7-10,12,23H,6,11,13H2,1-2H3,(H,21,22). The van der Waals surface area contributed by atoms with Gasteiger partial charge < -0.3 is 10.4 Å². The number of carbonyl (C=O) groups excluding carboxylic acids is 1. The van der Waals surface area contributed by atoms with Crippen LogP contribution in [0.5, 0.6) is 0 Å². The minimum atomic E-state index is -1.23. The number of nitrogens with one attached hydrogen (secondary N) is 1. The van der Waals surface area contributed by atoms with Crippen LogP contribution < -0.4 is 5.32 Å². The van der Waals surface area contributed by atoms with Crippen LogP contribution in [0.25, 0.3) is 0 Å². The molecule has 0 bridgehead atoms. The first-order valence-electron chi connectivity index (χ1n) is 7.67. The van der Waals surface area contributed by atoms with Crippen molar-refractivity contribution < 1.29 is 14.3 Å². The fourth-order valence-corrected chi connectivity index (χ4v) is 2.40.